The Bertz CT molecular complexity index is 582. The maximum absolute atomic E-state index is 12.4. The summed E-state index contributed by atoms with van der Waals surface area (Å²) in [6.45, 7) is -0.208. The Morgan fingerprint density at radius 1 is 0.950 bits per heavy atom. The quantitative estimate of drug-likeness (QED) is 0.653. The monoisotopic (exact) mass is 331 g/mol. The second kappa shape index (κ2) is 6.38. The van der Waals surface area contributed by atoms with Gasteiger partial charge in [-0.25, -0.2) is 0 Å². The third kappa shape index (κ3) is 3.58. The Morgan fingerprint density at radius 2 is 1.50 bits per heavy atom. The number of anilines is 1. The molecule has 2 nitrogen and oxygen atoms in total. The molecule has 0 amide bonds. The number of hydrogen-bond acceptors (Lipinski definition) is 2. The minimum atomic E-state index is -4.34. The van der Waals surface area contributed by atoms with E-state index in [1.807, 2.05) is 0 Å². The number of halogens is 3. The van der Waals surface area contributed by atoms with E-state index in [9.17, 15) is 13.2 Å². The molecule has 2 aromatic rings. The Kier molecular flexibility index (Phi) is 5.31. The van der Waals surface area contributed by atoms with Gasteiger partial charge in [0, 0.05) is 30.7 Å². The summed E-state index contributed by atoms with van der Waals surface area (Å²) in [6, 6.07) is 9.85. The summed E-state index contributed by atoms with van der Waals surface area (Å²) in [7, 11) is 0. The molecule has 102 valence electrons. The van der Waals surface area contributed by atoms with E-state index in [0.717, 1.165) is 12.1 Å². The van der Waals surface area contributed by atoms with Gasteiger partial charge in [-0.1, -0.05) is 18.2 Å². The van der Waals surface area contributed by atoms with Crippen molar-refractivity contribution in [3.8, 4) is 11.1 Å². The number of aliphatic hydroxyl groups is 1. The average molecular weight is 333 g/mol. The van der Waals surface area contributed by atoms with Gasteiger partial charge in [0.25, 0.3) is 0 Å². The molecule has 2 rings (SSSR count). The van der Waals surface area contributed by atoms with Gasteiger partial charge < -0.3 is 10.8 Å². The van der Waals surface area contributed by atoms with Crippen molar-refractivity contribution in [2.75, 3.05) is 5.73 Å². The van der Waals surface area contributed by atoms with Crippen molar-refractivity contribution in [3.05, 3.63) is 53.6 Å². The van der Waals surface area contributed by atoms with E-state index in [2.05, 4.69) is 0 Å². The molecule has 0 radical (unpaired) electrons. The molecule has 0 fully saturated rings. The Labute approximate surface area is 127 Å². The van der Waals surface area contributed by atoms with Gasteiger partial charge >= 0.3 is 6.18 Å². The van der Waals surface area contributed by atoms with Gasteiger partial charge in [-0.05, 0) is 35.4 Å². The van der Waals surface area contributed by atoms with Crippen LogP contribution in [0.3, 0.4) is 0 Å². The van der Waals surface area contributed by atoms with Gasteiger partial charge in [-0.2, -0.15) is 13.2 Å². The Balaban J connectivity index is 0.00000200. The summed E-state index contributed by atoms with van der Waals surface area (Å²) in [5.74, 6) is 0. The molecule has 3 N–H and O–H groups in total. The van der Waals surface area contributed by atoms with Crippen LogP contribution >= 0.6 is 0 Å². The van der Waals surface area contributed by atoms with Crippen molar-refractivity contribution in [2.45, 2.75) is 12.8 Å². The topological polar surface area (TPSA) is 46.2 Å². The van der Waals surface area contributed by atoms with Crippen LogP contribution in [0.4, 0.5) is 18.9 Å². The summed E-state index contributed by atoms with van der Waals surface area (Å²) in [6.07, 6.45) is -4.34. The number of nitrogen functional groups attached to an aromatic ring is 1. The van der Waals surface area contributed by atoms with Crippen molar-refractivity contribution in [1.82, 2.24) is 0 Å². The summed E-state index contributed by atoms with van der Waals surface area (Å²) < 4.78 is 37.3. The smallest absolute Gasteiger partial charge is 0.398 e. The zero-order valence-electron chi connectivity index (χ0n) is 10.6. The van der Waals surface area contributed by atoms with Crippen LogP contribution in [0, 0.1) is 0 Å². The Morgan fingerprint density at radius 3 is 2.00 bits per heavy atom. The van der Waals surface area contributed by atoms with Gasteiger partial charge in [0.1, 0.15) is 0 Å². The summed E-state index contributed by atoms with van der Waals surface area (Å²) >= 11 is 0. The van der Waals surface area contributed by atoms with Crippen molar-refractivity contribution in [2.24, 2.45) is 0 Å². The van der Waals surface area contributed by atoms with E-state index in [0.29, 0.717) is 22.4 Å². The molecule has 0 aromatic heterocycles. The van der Waals surface area contributed by atoms with E-state index in [1.54, 1.807) is 18.2 Å². The first kappa shape index (κ1) is 16.7. The minimum absolute atomic E-state index is 0. The van der Waals surface area contributed by atoms with Gasteiger partial charge in [-0.3, -0.25) is 0 Å². The van der Waals surface area contributed by atoms with Gasteiger partial charge in [-0.15, -0.1) is 0 Å². The first-order chi connectivity index (χ1) is 8.91. The van der Waals surface area contributed by atoms with Gasteiger partial charge in [0.05, 0.1) is 12.2 Å². The van der Waals surface area contributed by atoms with E-state index in [-0.39, 0.29) is 26.1 Å². The van der Waals surface area contributed by atoms with Gasteiger partial charge in [0.15, 0.2) is 0 Å². The molecule has 0 spiro atoms. The first-order valence-corrected chi connectivity index (χ1v) is 5.58. The molecule has 20 heavy (non-hydrogen) atoms. The van der Waals surface area contributed by atoms with Crippen LogP contribution in [0.15, 0.2) is 42.5 Å². The van der Waals surface area contributed by atoms with Crippen LogP contribution in [0.5, 0.6) is 0 Å². The van der Waals surface area contributed by atoms with Crippen LogP contribution < -0.4 is 5.73 Å². The van der Waals surface area contributed by atoms with E-state index < -0.39 is 11.7 Å². The average Bonchev–Trinajstić information content (AvgIpc) is 2.38. The number of aliphatic hydroxyl groups excluding tert-OH is 1. The third-order valence-corrected chi connectivity index (χ3v) is 2.86. The van der Waals surface area contributed by atoms with Crippen LogP contribution in [-0.2, 0) is 32.3 Å². The molecule has 0 bridgehead atoms. The third-order valence-electron chi connectivity index (χ3n) is 2.86. The summed E-state index contributed by atoms with van der Waals surface area (Å²) in [5, 5.41) is 9.11. The van der Waals surface area contributed by atoms with Crippen LogP contribution in [-0.4, -0.2) is 5.11 Å². The molecule has 0 heterocycles. The maximum Gasteiger partial charge on any atom is 0.416 e. The van der Waals surface area contributed by atoms with E-state index in [4.69, 9.17) is 10.8 Å². The predicted molar refractivity (Wildman–Crippen MR) is 67.2 cm³/mol. The molecule has 0 aliphatic carbocycles. The number of benzene rings is 2. The van der Waals surface area contributed by atoms with E-state index in [1.165, 1.54) is 12.1 Å². The molecule has 0 saturated carbocycles. The molecule has 6 heteroatoms. The molecule has 0 aliphatic rings. The number of hydrogen-bond donors (Lipinski definition) is 2. The largest absolute Gasteiger partial charge is 0.416 e. The number of rotatable bonds is 2. The predicted octanol–water partition coefficient (Wildman–Crippen LogP) is 3.44. The maximum atomic E-state index is 12.4. The van der Waals surface area contributed by atoms with Crippen LogP contribution in [0.2, 0.25) is 0 Å². The fourth-order valence-electron chi connectivity index (χ4n) is 1.77. The van der Waals surface area contributed by atoms with Crippen molar-refractivity contribution in [1.29, 1.82) is 0 Å². The van der Waals surface area contributed by atoms with E-state index >= 15 is 0 Å². The molecule has 2 aromatic carbocycles. The molecule has 0 atom stereocenters. The first-order valence-electron chi connectivity index (χ1n) is 5.58. The Hall–Kier alpha value is -1.39. The fraction of sp³-hybridized carbons (Fsp3) is 0.143. The zero-order valence-corrected chi connectivity index (χ0v) is 13.6. The van der Waals surface area contributed by atoms with Crippen molar-refractivity contribution in [3.63, 3.8) is 0 Å². The molecular weight excluding hydrogens is 321 g/mol. The van der Waals surface area contributed by atoms with Crippen LogP contribution in [0.25, 0.3) is 11.1 Å². The normalized spacial score (nSPS) is 11.0. The molecule has 0 unspecified atom stereocenters. The fourth-order valence-corrected chi connectivity index (χ4v) is 1.77. The molecule has 0 saturated heterocycles. The molecular formula is C14H12F3NOZn. The van der Waals surface area contributed by atoms with Crippen LogP contribution in [0.1, 0.15) is 11.1 Å². The number of nitrogens with two attached hydrogens (primary N) is 1. The van der Waals surface area contributed by atoms with Gasteiger partial charge in [0.2, 0.25) is 0 Å². The molecule has 0 aliphatic heterocycles. The van der Waals surface area contributed by atoms with Crippen molar-refractivity contribution >= 4 is 5.69 Å². The SMILES string of the molecule is Nc1ccc(-c2ccc(C(F)(F)F)cc2)cc1CO.[Zn]. The second-order valence-corrected chi connectivity index (χ2v) is 4.15. The summed E-state index contributed by atoms with van der Waals surface area (Å²) in [5.41, 5.74) is 7.33. The standard InChI is InChI=1S/C14H12F3NO.Zn/c15-14(16,17)12-4-1-9(2-5-12)10-3-6-13(18)11(7-10)8-19;/h1-7,19H,8,18H2;. The van der Waals surface area contributed by atoms with Crippen molar-refractivity contribution < 1.29 is 37.8 Å². The minimum Gasteiger partial charge on any atom is -0.398 e. The second-order valence-electron chi connectivity index (χ2n) is 4.15. The zero-order chi connectivity index (χ0) is 14.0. The number of alkyl halides is 3. The summed E-state index contributed by atoms with van der Waals surface area (Å²) in [4.78, 5) is 0.